The smallest absolute Gasteiger partial charge is 0.312 e. The van der Waals surface area contributed by atoms with Crippen molar-refractivity contribution in [2.75, 3.05) is 0 Å². The van der Waals surface area contributed by atoms with Gasteiger partial charge < -0.3 is 14.9 Å². The Balaban J connectivity index is 1.77. The second kappa shape index (κ2) is 4.06. The zero-order chi connectivity index (χ0) is 17.1. The third kappa shape index (κ3) is 1.29. The number of carboxylic acid groups (broad SMARTS) is 1. The van der Waals surface area contributed by atoms with Crippen LogP contribution in [0.25, 0.3) is 0 Å². The van der Waals surface area contributed by atoms with Crippen LogP contribution >= 0.6 is 0 Å². The molecule has 2 N–H and O–H groups in total. The lowest BCUT2D eigenvalue weighted by atomic mass is 9.59. The monoisotopic (exact) mass is 332 g/mol. The maximum absolute atomic E-state index is 12.7. The van der Waals surface area contributed by atoms with Gasteiger partial charge in [0.25, 0.3) is 0 Å². The van der Waals surface area contributed by atoms with Crippen molar-refractivity contribution in [3.05, 3.63) is 12.2 Å². The van der Waals surface area contributed by atoms with Crippen molar-refractivity contribution in [2.45, 2.75) is 57.2 Å². The number of ether oxygens (including phenoxy) is 1. The Kier molecular flexibility index (Phi) is 2.53. The quantitative estimate of drug-likeness (QED) is 0.568. The Bertz CT molecular complexity index is 685. The van der Waals surface area contributed by atoms with Gasteiger partial charge in [-0.05, 0) is 56.8 Å². The molecule has 5 heteroatoms. The van der Waals surface area contributed by atoms with E-state index in [1.54, 1.807) is 0 Å². The molecule has 4 aliphatic carbocycles. The van der Waals surface area contributed by atoms with Crippen LogP contribution < -0.4 is 0 Å². The minimum atomic E-state index is -0.997. The Labute approximate surface area is 141 Å². The van der Waals surface area contributed by atoms with Crippen LogP contribution in [0.15, 0.2) is 12.2 Å². The van der Waals surface area contributed by atoms with Gasteiger partial charge in [-0.1, -0.05) is 12.2 Å². The summed E-state index contributed by atoms with van der Waals surface area (Å²) in [7, 11) is 0. The molecule has 130 valence electrons. The van der Waals surface area contributed by atoms with Gasteiger partial charge in [0.05, 0.1) is 17.4 Å². The number of carboxylic acids is 1. The van der Waals surface area contributed by atoms with Crippen molar-refractivity contribution in [3.63, 3.8) is 0 Å². The van der Waals surface area contributed by atoms with Crippen LogP contribution in [0, 0.1) is 34.5 Å². The number of allylic oxidation sites excluding steroid dienone is 1. The summed E-state index contributed by atoms with van der Waals surface area (Å²) in [5, 5.41) is 21.1. The maximum atomic E-state index is 12.7. The summed E-state index contributed by atoms with van der Waals surface area (Å²) in [4.78, 5) is 25.1. The van der Waals surface area contributed by atoms with Gasteiger partial charge in [0.2, 0.25) is 0 Å². The molecule has 0 aromatic carbocycles. The fourth-order valence-electron chi connectivity index (χ4n) is 7.63. The number of rotatable bonds is 1. The normalized spacial score (nSPS) is 57.5. The molecule has 0 amide bonds. The molecule has 1 heterocycles. The highest BCUT2D eigenvalue weighted by molar-refractivity contribution is 5.85. The molecule has 4 bridgehead atoms. The summed E-state index contributed by atoms with van der Waals surface area (Å²) < 4.78 is 5.96. The number of esters is 1. The van der Waals surface area contributed by atoms with E-state index >= 15 is 0 Å². The summed E-state index contributed by atoms with van der Waals surface area (Å²) in [6.07, 6.45) is 3.60. The summed E-state index contributed by atoms with van der Waals surface area (Å²) in [5.41, 5.74) is -1.03. The van der Waals surface area contributed by atoms with Crippen molar-refractivity contribution >= 4 is 11.9 Å². The first-order valence-electron chi connectivity index (χ1n) is 9.09. The lowest BCUT2D eigenvalue weighted by Crippen LogP contribution is -2.56. The Morgan fingerprint density at radius 2 is 2.08 bits per heavy atom. The van der Waals surface area contributed by atoms with Crippen LogP contribution in [0.4, 0.5) is 0 Å². The molecular formula is C19H24O5. The second-order valence-electron chi connectivity index (χ2n) is 9.11. The van der Waals surface area contributed by atoms with Gasteiger partial charge >= 0.3 is 11.9 Å². The van der Waals surface area contributed by atoms with E-state index in [1.165, 1.54) is 0 Å². The highest BCUT2D eigenvalue weighted by Gasteiger charge is 2.83. The lowest BCUT2D eigenvalue weighted by molar-refractivity contribution is -0.175. The average molecular weight is 332 g/mol. The number of carbonyl (C=O) groups excluding carboxylic acids is 1. The fraction of sp³-hybridized carbons (Fsp3) is 0.789. The van der Waals surface area contributed by atoms with Crippen molar-refractivity contribution < 1.29 is 24.5 Å². The number of aliphatic carboxylic acids is 1. The first-order chi connectivity index (χ1) is 11.3. The van der Waals surface area contributed by atoms with E-state index < -0.39 is 40.3 Å². The van der Waals surface area contributed by atoms with Crippen molar-refractivity contribution in [3.8, 4) is 0 Å². The Morgan fingerprint density at radius 3 is 2.79 bits per heavy atom. The third-order valence-corrected chi connectivity index (χ3v) is 8.39. The number of hydrogen-bond acceptors (Lipinski definition) is 4. The van der Waals surface area contributed by atoms with Crippen LogP contribution in [-0.2, 0) is 14.3 Å². The van der Waals surface area contributed by atoms with E-state index in [1.807, 2.05) is 6.92 Å². The van der Waals surface area contributed by atoms with Gasteiger partial charge in [0.1, 0.15) is 5.60 Å². The summed E-state index contributed by atoms with van der Waals surface area (Å²) in [5.74, 6) is -1.86. The van der Waals surface area contributed by atoms with Gasteiger partial charge in [-0.2, -0.15) is 0 Å². The molecule has 5 fully saturated rings. The van der Waals surface area contributed by atoms with E-state index in [4.69, 9.17) is 4.74 Å². The number of hydrogen-bond donors (Lipinski definition) is 2. The fourth-order valence-corrected chi connectivity index (χ4v) is 7.63. The van der Waals surface area contributed by atoms with Gasteiger partial charge in [0, 0.05) is 11.8 Å². The van der Waals surface area contributed by atoms with Gasteiger partial charge in [-0.15, -0.1) is 0 Å². The minimum absolute atomic E-state index is 0.0623. The molecule has 0 unspecified atom stereocenters. The molecule has 0 aromatic rings. The van der Waals surface area contributed by atoms with Crippen molar-refractivity contribution in [1.29, 1.82) is 0 Å². The van der Waals surface area contributed by atoms with E-state index in [-0.39, 0.29) is 11.9 Å². The van der Waals surface area contributed by atoms with E-state index in [9.17, 15) is 19.8 Å². The SMILES string of the molecule is C=C1C[C@]23C[C@H]1CC[C@H]2[C@]12OC(=O)[C@](C)(CC[C@@H]1O)[C@H]2[C@@H]3C(=O)O. The van der Waals surface area contributed by atoms with Gasteiger partial charge in [-0.3, -0.25) is 9.59 Å². The Hall–Kier alpha value is -1.36. The summed E-state index contributed by atoms with van der Waals surface area (Å²) in [6, 6.07) is 0. The molecule has 5 nitrogen and oxygen atoms in total. The highest BCUT2D eigenvalue weighted by atomic mass is 16.6. The van der Waals surface area contributed by atoms with E-state index in [0.29, 0.717) is 25.2 Å². The number of fused-ring (bicyclic) bond motifs is 1. The first-order valence-corrected chi connectivity index (χ1v) is 9.09. The maximum Gasteiger partial charge on any atom is 0.312 e. The molecule has 24 heavy (non-hydrogen) atoms. The summed E-state index contributed by atoms with van der Waals surface area (Å²) in [6.45, 7) is 6.07. The van der Waals surface area contributed by atoms with Crippen LogP contribution in [0.1, 0.15) is 45.4 Å². The zero-order valence-corrected chi connectivity index (χ0v) is 14.0. The molecule has 0 radical (unpaired) electrons. The largest absolute Gasteiger partial charge is 0.481 e. The van der Waals surface area contributed by atoms with Gasteiger partial charge in [-0.25, -0.2) is 0 Å². The van der Waals surface area contributed by atoms with Crippen molar-refractivity contribution in [2.24, 2.45) is 34.5 Å². The standard InChI is InChI=1S/C19H24O5/c1-9-7-18-8-10(9)3-4-11(18)19-12(20)5-6-17(2,16(23)24-19)14(19)13(18)15(21)22/h10-14,20H,1,3-8H2,2H3,(H,21,22)/t10-,11-,12+,13-,14-,17-,18+,19+/m1/s1. The van der Waals surface area contributed by atoms with E-state index in [0.717, 1.165) is 24.8 Å². The number of aliphatic hydroxyl groups is 1. The molecular weight excluding hydrogens is 308 g/mol. The molecule has 4 saturated carbocycles. The molecule has 8 atom stereocenters. The third-order valence-electron chi connectivity index (χ3n) is 8.39. The summed E-state index contributed by atoms with van der Waals surface area (Å²) >= 11 is 0. The molecule has 1 aliphatic heterocycles. The average Bonchev–Trinajstić information content (AvgIpc) is 2.99. The van der Waals surface area contributed by atoms with Gasteiger partial charge in [0.15, 0.2) is 0 Å². The van der Waals surface area contributed by atoms with Crippen LogP contribution in [0.5, 0.6) is 0 Å². The minimum Gasteiger partial charge on any atom is -0.481 e. The molecule has 0 aromatic heterocycles. The molecule has 5 aliphatic rings. The predicted octanol–water partition coefficient (Wildman–Crippen LogP) is 2.14. The van der Waals surface area contributed by atoms with Crippen LogP contribution in [0.2, 0.25) is 0 Å². The molecule has 5 rings (SSSR count). The topological polar surface area (TPSA) is 83.8 Å². The zero-order valence-electron chi connectivity index (χ0n) is 14.0. The molecule has 1 spiro atoms. The predicted molar refractivity (Wildman–Crippen MR) is 83.8 cm³/mol. The Morgan fingerprint density at radius 1 is 1.33 bits per heavy atom. The highest BCUT2D eigenvalue weighted by Crippen LogP contribution is 2.77. The van der Waals surface area contributed by atoms with Crippen LogP contribution in [-0.4, -0.2) is 33.9 Å². The van der Waals surface area contributed by atoms with E-state index in [2.05, 4.69) is 6.58 Å². The van der Waals surface area contributed by atoms with Crippen LogP contribution in [0.3, 0.4) is 0 Å². The first kappa shape index (κ1) is 14.9. The number of aliphatic hydroxyl groups excluding tert-OH is 1. The van der Waals surface area contributed by atoms with Crippen molar-refractivity contribution in [1.82, 2.24) is 0 Å². The second-order valence-corrected chi connectivity index (χ2v) is 9.11. The number of carbonyl (C=O) groups is 2. The molecule has 1 saturated heterocycles. The lowest BCUT2D eigenvalue weighted by Gasteiger charge is -2.46.